The van der Waals surface area contributed by atoms with Gasteiger partial charge in [0.25, 0.3) is 0 Å². The molecule has 0 bridgehead atoms. The number of amides is 1. The van der Waals surface area contributed by atoms with Gasteiger partial charge >= 0.3 is 0 Å². The van der Waals surface area contributed by atoms with Crippen LogP contribution in [0.2, 0.25) is 0 Å². The molecule has 0 aliphatic heterocycles. The minimum absolute atomic E-state index is 0.249. The van der Waals surface area contributed by atoms with Crippen LogP contribution in [0.1, 0.15) is 40.0 Å². The highest BCUT2D eigenvalue weighted by molar-refractivity contribution is 5.84. The van der Waals surface area contributed by atoms with Gasteiger partial charge in [-0.3, -0.25) is 4.79 Å². The van der Waals surface area contributed by atoms with Crippen LogP contribution < -0.4 is 11.1 Å². The lowest BCUT2D eigenvalue weighted by Crippen LogP contribution is -2.55. The molecule has 5 heteroatoms. The summed E-state index contributed by atoms with van der Waals surface area (Å²) in [5.41, 5.74) is 5.00. The summed E-state index contributed by atoms with van der Waals surface area (Å²) in [7, 11) is 1.72. The van der Waals surface area contributed by atoms with Crippen molar-refractivity contribution < 1.29 is 9.53 Å². The Morgan fingerprint density at radius 2 is 2.10 bits per heavy atom. The van der Waals surface area contributed by atoms with Gasteiger partial charge < -0.3 is 20.7 Å². The number of nitrogens with zero attached hydrogens (tertiary/aromatic N) is 1. The van der Waals surface area contributed by atoms with E-state index in [0.717, 1.165) is 45.5 Å². The quantitative estimate of drug-likeness (QED) is 0.594. The molecule has 5 nitrogen and oxygen atoms in total. The van der Waals surface area contributed by atoms with E-state index in [-0.39, 0.29) is 5.91 Å². The Labute approximate surface area is 123 Å². The van der Waals surface area contributed by atoms with Crippen molar-refractivity contribution in [3.63, 3.8) is 0 Å². The summed E-state index contributed by atoms with van der Waals surface area (Å²) >= 11 is 0. The van der Waals surface area contributed by atoms with E-state index in [0.29, 0.717) is 12.0 Å². The molecule has 0 aromatic carbocycles. The molecule has 118 valence electrons. The standard InChI is InChI=1S/C15H31N3O2/c1-12(2)11-18(9-10-20-4)8-7-15(3,14(16)19)17-13-5-6-13/h12-13,17H,5-11H2,1-4H3,(H2,16,19). The van der Waals surface area contributed by atoms with Crippen molar-refractivity contribution in [2.75, 3.05) is 33.4 Å². The van der Waals surface area contributed by atoms with E-state index < -0.39 is 5.54 Å². The number of carbonyl (C=O) groups excluding carboxylic acids is 1. The molecule has 0 aromatic heterocycles. The number of nitrogens with two attached hydrogens (primary N) is 1. The highest BCUT2D eigenvalue weighted by Gasteiger charge is 2.36. The van der Waals surface area contributed by atoms with Gasteiger partial charge in [0.2, 0.25) is 5.91 Å². The normalized spacial score (nSPS) is 18.5. The van der Waals surface area contributed by atoms with Gasteiger partial charge in [-0.1, -0.05) is 13.8 Å². The Morgan fingerprint density at radius 3 is 2.55 bits per heavy atom. The van der Waals surface area contributed by atoms with Crippen LogP contribution in [0.3, 0.4) is 0 Å². The molecule has 0 radical (unpaired) electrons. The van der Waals surface area contributed by atoms with E-state index in [4.69, 9.17) is 10.5 Å². The third kappa shape index (κ3) is 6.20. The zero-order valence-electron chi connectivity index (χ0n) is 13.4. The van der Waals surface area contributed by atoms with Gasteiger partial charge in [0, 0.05) is 32.8 Å². The van der Waals surface area contributed by atoms with Crippen LogP contribution in [0.15, 0.2) is 0 Å². The molecule has 1 saturated carbocycles. The fourth-order valence-electron chi connectivity index (χ4n) is 2.36. The molecule has 0 saturated heterocycles. The maximum atomic E-state index is 11.7. The van der Waals surface area contributed by atoms with Crippen molar-refractivity contribution in [1.29, 1.82) is 0 Å². The van der Waals surface area contributed by atoms with Crippen molar-refractivity contribution in [1.82, 2.24) is 10.2 Å². The summed E-state index contributed by atoms with van der Waals surface area (Å²) < 4.78 is 5.16. The molecule has 1 rings (SSSR count). The van der Waals surface area contributed by atoms with E-state index >= 15 is 0 Å². The zero-order chi connectivity index (χ0) is 15.2. The second-order valence-electron chi connectivity index (χ2n) is 6.55. The molecule has 1 aliphatic carbocycles. The Kier molecular flexibility index (Phi) is 6.92. The van der Waals surface area contributed by atoms with E-state index in [2.05, 4.69) is 24.1 Å². The molecule has 0 spiro atoms. The second kappa shape index (κ2) is 7.96. The van der Waals surface area contributed by atoms with Crippen molar-refractivity contribution in [2.24, 2.45) is 11.7 Å². The van der Waals surface area contributed by atoms with E-state index in [1.54, 1.807) is 7.11 Å². The lowest BCUT2D eigenvalue weighted by atomic mass is 9.96. The number of hydrogen-bond acceptors (Lipinski definition) is 4. The minimum atomic E-state index is -0.594. The zero-order valence-corrected chi connectivity index (χ0v) is 13.4. The van der Waals surface area contributed by atoms with Crippen molar-refractivity contribution >= 4 is 5.91 Å². The predicted molar refractivity (Wildman–Crippen MR) is 81.5 cm³/mol. The molecule has 1 unspecified atom stereocenters. The Bertz CT molecular complexity index is 305. The molecule has 1 amide bonds. The number of rotatable bonds is 11. The summed E-state index contributed by atoms with van der Waals surface area (Å²) in [5, 5.41) is 3.40. The van der Waals surface area contributed by atoms with Gasteiger partial charge in [0.1, 0.15) is 0 Å². The van der Waals surface area contributed by atoms with Crippen LogP contribution in [0, 0.1) is 5.92 Å². The topological polar surface area (TPSA) is 67.6 Å². The predicted octanol–water partition coefficient (Wildman–Crippen LogP) is 0.977. The fraction of sp³-hybridized carbons (Fsp3) is 0.933. The molecule has 1 aliphatic rings. The highest BCUT2D eigenvalue weighted by atomic mass is 16.5. The molecule has 0 aromatic rings. The number of ether oxygens (including phenoxy) is 1. The number of primary amides is 1. The number of carbonyl (C=O) groups is 1. The molecule has 0 heterocycles. The lowest BCUT2D eigenvalue weighted by Gasteiger charge is -2.31. The van der Waals surface area contributed by atoms with E-state index in [1.807, 2.05) is 6.92 Å². The lowest BCUT2D eigenvalue weighted by molar-refractivity contribution is -0.124. The maximum Gasteiger partial charge on any atom is 0.237 e. The smallest absolute Gasteiger partial charge is 0.237 e. The highest BCUT2D eigenvalue weighted by Crippen LogP contribution is 2.24. The Morgan fingerprint density at radius 1 is 1.45 bits per heavy atom. The monoisotopic (exact) mass is 285 g/mol. The number of hydrogen-bond donors (Lipinski definition) is 2. The summed E-state index contributed by atoms with van der Waals surface area (Å²) in [6, 6.07) is 0.477. The first kappa shape index (κ1) is 17.4. The summed E-state index contributed by atoms with van der Waals surface area (Å²) in [5.74, 6) is 0.351. The van der Waals surface area contributed by atoms with Crippen LogP contribution in [0.5, 0.6) is 0 Å². The second-order valence-corrected chi connectivity index (χ2v) is 6.55. The SMILES string of the molecule is COCCN(CCC(C)(NC1CC1)C(N)=O)CC(C)C. The van der Waals surface area contributed by atoms with Crippen LogP contribution in [0.25, 0.3) is 0 Å². The van der Waals surface area contributed by atoms with Crippen molar-refractivity contribution in [3.05, 3.63) is 0 Å². The molecular formula is C15H31N3O2. The van der Waals surface area contributed by atoms with Crippen LogP contribution in [-0.2, 0) is 9.53 Å². The van der Waals surface area contributed by atoms with Gasteiger partial charge in [-0.15, -0.1) is 0 Å². The van der Waals surface area contributed by atoms with Gasteiger partial charge in [-0.2, -0.15) is 0 Å². The van der Waals surface area contributed by atoms with Crippen LogP contribution in [-0.4, -0.2) is 55.7 Å². The molecular weight excluding hydrogens is 254 g/mol. The first-order valence-corrected chi connectivity index (χ1v) is 7.66. The van der Waals surface area contributed by atoms with E-state index in [1.165, 1.54) is 0 Å². The molecule has 1 atom stereocenters. The number of nitrogens with one attached hydrogen (secondary N) is 1. The fourth-order valence-corrected chi connectivity index (χ4v) is 2.36. The summed E-state index contributed by atoms with van der Waals surface area (Å²) in [6.45, 7) is 9.83. The van der Waals surface area contributed by atoms with Crippen molar-refractivity contribution in [3.8, 4) is 0 Å². The first-order chi connectivity index (χ1) is 9.37. The summed E-state index contributed by atoms with van der Waals surface area (Å²) in [6.07, 6.45) is 3.06. The third-order valence-corrected chi connectivity index (χ3v) is 3.81. The molecule has 20 heavy (non-hydrogen) atoms. The molecule has 3 N–H and O–H groups in total. The number of methoxy groups -OCH3 is 1. The largest absolute Gasteiger partial charge is 0.383 e. The van der Waals surface area contributed by atoms with Crippen LogP contribution >= 0.6 is 0 Å². The average Bonchev–Trinajstić information content (AvgIpc) is 3.15. The van der Waals surface area contributed by atoms with E-state index in [9.17, 15) is 4.79 Å². The third-order valence-electron chi connectivity index (χ3n) is 3.81. The minimum Gasteiger partial charge on any atom is -0.383 e. The van der Waals surface area contributed by atoms with Gasteiger partial charge in [-0.05, 0) is 32.1 Å². The Hall–Kier alpha value is -0.650. The maximum absolute atomic E-state index is 11.7. The van der Waals surface area contributed by atoms with Crippen LogP contribution in [0.4, 0.5) is 0 Å². The molecule has 1 fully saturated rings. The summed E-state index contributed by atoms with van der Waals surface area (Å²) in [4.78, 5) is 14.1. The van der Waals surface area contributed by atoms with Gasteiger partial charge in [-0.25, -0.2) is 0 Å². The average molecular weight is 285 g/mol. The van der Waals surface area contributed by atoms with Gasteiger partial charge in [0.05, 0.1) is 12.1 Å². The first-order valence-electron chi connectivity index (χ1n) is 7.66. The Balaban J connectivity index is 2.49. The van der Waals surface area contributed by atoms with Crippen molar-refractivity contribution in [2.45, 2.75) is 51.6 Å². The van der Waals surface area contributed by atoms with Gasteiger partial charge in [0.15, 0.2) is 0 Å².